The van der Waals surface area contributed by atoms with Crippen LogP contribution in [0.4, 0.5) is 5.69 Å². The minimum atomic E-state index is -3.19. The van der Waals surface area contributed by atoms with Crippen LogP contribution in [0.1, 0.15) is 37.3 Å². The number of anilines is 1. The number of nitrogens with one attached hydrogen (secondary N) is 1. The van der Waals surface area contributed by atoms with Crippen molar-refractivity contribution in [2.75, 3.05) is 31.2 Å². The Hall–Kier alpha value is -1.93. The van der Waals surface area contributed by atoms with Crippen LogP contribution < -0.4 is 5.32 Å². The van der Waals surface area contributed by atoms with E-state index in [2.05, 4.69) is 5.32 Å². The highest BCUT2D eigenvalue weighted by Gasteiger charge is 2.29. The van der Waals surface area contributed by atoms with Crippen molar-refractivity contribution >= 4 is 27.5 Å². The molecule has 0 saturated carbocycles. The number of fused-ring (bicyclic) bond motifs is 1. The molecule has 1 saturated heterocycles. The molecule has 0 atom stereocenters. The van der Waals surface area contributed by atoms with Crippen LogP contribution in [0, 0.1) is 5.92 Å². The first kappa shape index (κ1) is 19.8. The fourth-order valence-electron chi connectivity index (χ4n) is 3.77. The number of rotatable bonds is 4. The number of hydrogen-bond donors (Lipinski definition) is 1. The zero-order valence-electron chi connectivity index (χ0n) is 15.9. The Labute approximate surface area is 160 Å². The second kappa shape index (κ2) is 7.98. The molecule has 3 rings (SSSR count). The van der Waals surface area contributed by atoms with E-state index in [0.717, 1.165) is 24.2 Å². The molecule has 2 aliphatic rings. The molecule has 0 radical (unpaired) electrons. The fourth-order valence-corrected chi connectivity index (χ4v) is 4.64. The lowest BCUT2D eigenvalue weighted by Crippen LogP contribution is -2.40. The van der Waals surface area contributed by atoms with Crippen LogP contribution in [0.15, 0.2) is 18.2 Å². The predicted molar refractivity (Wildman–Crippen MR) is 104 cm³/mol. The van der Waals surface area contributed by atoms with E-state index in [-0.39, 0.29) is 17.7 Å². The fraction of sp³-hybridized carbons (Fsp3) is 0.579. The predicted octanol–water partition coefficient (Wildman–Crippen LogP) is 1.59. The summed E-state index contributed by atoms with van der Waals surface area (Å²) in [5, 5.41) is 2.96. The summed E-state index contributed by atoms with van der Waals surface area (Å²) in [6.45, 7) is 3.96. The van der Waals surface area contributed by atoms with Crippen molar-refractivity contribution in [1.82, 2.24) is 9.21 Å². The molecule has 27 heavy (non-hydrogen) atoms. The van der Waals surface area contributed by atoms with E-state index in [9.17, 15) is 18.0 Å². The maximum Gasteiger partial charge on any atom is 0.227 e. The number of piperidine rings is 1. The molecule has 0 unspecified atom stereocenters. The van der Waals surface area contributed by atoms with Crippen LogP contribution in [0.2, 0.25) is 0 Å². The molecular formula is C19H27N3O4S. The van der Waals surface area contributed by atoms with Crippen molar-refractivity contribution in [2.45, 2.75) is 39.2 Å². The van der Waals surface area contributed by atoms with Gasteiger partial charge in [0.05, 0.1) is 6.26 Å². The normalized spacial score (nSPS) is 18.8. The molecular weight excluding hydrogens is 366 g/mol. The highest BCUT2D eigenvalue weighted by atomic mass is 32.2. The lowest BCUT2D eigenvalue weighted by Gasteiger charge is -2.30. The van der Waals surface area contributed by atoms with E-state index in [1.54, 1.807) is 0 Å². The summed E-state index contributed by atoms with van der Waals surface area (Å²) in [6.07, 6.45) is 3.59. The highest BCUT2D eigenvalue weighted by Crippen LogP contribution is 2.25. The van der Waals surface area contributed by atoms with E-state index in [0.29, 0.717) is 38.9 Å². The number of hydrogen-bond acceptors (Lipinski definition) is 4. The lowest BCUT2D eigenvalue weighted by molar-refractivity contribution is -0.131. The van der Waals surface area contributed by atoms with E-state index >= 15 is 0 Å². The minimum Gasteiger partial charge on any atom is -0.338 e. The van der Waals surface area contributed by atoms with Gasteiger partial charge in [-0.2, -0.15) is 0 Å². The molecule has 2 aliphatic heterocycles. The molecule has 0 aliphatic carbocycles. The first-order valence-corrected chi connectivity index (χ1v) is 11.3. The third-order valence-corrected chi connectivity index (χ3v) is 6.74. The van der Waals surface area contributed by atoms with Crippen molar-refractivity contribution in [1.29, 1.82) is 0 Å². The Bertz CT molecular complexity index is 829. The van der Waals surface area contributed by atoms with Gasteiger partial charge in [0.15, 0.2) is 0 Å². The summed E-state index contributed by atoms with van der Waals surface area (Å²) in [6, 6.07) is 5.87. The highest BCUT2D eigenvalue weighted by molar-refractivity contribution is 7.88. The minimum absolute atomic E-state index is 0.0691. The lowest BCUT2D eigenvalue weighted by atomic mass is 9.96. The van der Waals surface area contributed by atoms with Gasteiger partial charge in [-0.15, -0.1) is 0 Å². The van der Waals surface area contributed by atoms with E-state index in [1.807, 2.05) is 30.0 Å². The molecule has 0 bridgehead atoms. The van der Waals surface area contributed by atoms with Crippen LogP contribution in [0.25, 0.3) is 0 Å². The van der Waals surface area contributed by atoms with Gasteiger partial charge in [-0.05, 0) is 42.5 Å². The smallest absolute Gasteiger partial charge is 0.227 e. The molecule has 0 spiro atoms. The summed E-state index contributed by atoms with van der Waals surface area (Å²) in [5.41, 5.74) is 3.03. The number of amides is 2. The number of nitrogens with zero attached hydrogens (tertiary/aromatic N) is 2. The monoisotopic (exact) mass is 393 g/mol. The van der Waals surface area contributed by atoms with Crippen LogP contribution in [-0.4, -0.2) is 55.3 Å². The van der Waals surface area contributed by atoms with E-state index < -0.39 is 10.0 Å². The van der Waals surface area contributed by atoms with Gasteiger partial charge in [0.25, 0.3) is 0 Å². The van der Waals surface area contributed by atoms with Gasteiger partial charge >= 0.3 is 0 Å². The summed E-state index contributed by atoms with van der Waals surface area (Å²) in [7, 11) is -3.19. The van der Waals surface area contributed by atoms with E-state index in [4.69, 9.17) is 0 Å². The molecule has 1 aromatic rings. The van der Waals surface area contributed by atoms with Gasteiger partial charge in [0, 0.05) is 44.2 Å². The largest absolute Gasteiger partial charge is 0.338 e. The van der Waals surface area contributed by atoms with Gasteiger partial charge in [-0.25, -0.2) is 12.7 Å². The zero-order chi connectivity index (χ0) is 19.6. The molecule has 148 valence electrons. The van der Waals surface area contributed by atoms with Crippen molar-refractivity contribution in [3.8, 4) is 0 Å². The Kier molecular flexibility index (Phi) is 5.86. The molecule has 1 aromatic carbocycles. The zero-order valence-corrected chi connectivity index (χ0v) is 16.7. The van der Waals surface area contributed by atoms with Crippen molar-refractivity contribution < 1.29 is 18.0 Å². The summed E-state index contributed by atoms with van der Waals surface area (Å²) in [5.74, 6) is -0.106. The molecule has 2 heterocycles. The summed E-state index contributed by atoms with van der Waals surface area (Å²) < 4.78 is 24.6. The third kappa shape index (κ3) is 4.68. The number of carbonyl (C=O) groups excluding carboxylic acids is 2. The first-order chi connectivity index (χ1) is 12.8. The van der Waals surface area contributed by atoms with Gasteiger partial charge in [-0.3, -0.25) is 9.59 Å². The quantitative estimate of drug-likeness (QED) is 0.842. The molecule has 7 nitrogen and oxygen atoms in total. The Morgan fingerprint density at radius 2 is 1.85 bits per heavy atom. The van der Waals surface area contributed by atoms with Crippen molar-refractivity contribution in [3.63, 3.8) is 0 Å². The maximum atomic E-state index is 12.6. The summed E-state index contributed by atoms with van der Waals surface area (Å²) in [4.78, 5) is 26.4. The van der Waals surface area contributed by atoms with Crippen LogP contribution in [0.5, 0.6) is 0 Å². The molecule has 2 amide bonds. The molecule has 1 N–H and O–H groups in total. The van der Waals surface area contributed by atoms with Crippen LogP contribution in [0.3, 0.4) is 0 Å². The first-order valence-electron chi connectivity index (χ1n) is 9.43. The Morgan fingerprint density at radius 1 is 1.15 bits per heavy atom. The maximum absolute atomic E-state index is 12.6. The molecule has 1 fully saturated rings. The van der Waals surface area contributed by atoms with Gasteiger partial charge in [0.2, 0.25) is 21.8 Å². The second-order valence-electron chi connectivity index (χ2n) is 7.33. The number of sulfonamides is 1. The number of carbonyl (C=O) groups is 2. The number of benzene rings is 1. The SMILES string of the molecule is CCC(=O)N1CCc2ccc(NC(=O)C3CCN(S(C)(=O)=O)CC3)cc2C1. The Morgan fingerprint density at radius 3 is 2.48 bits per heavy atom. The molecule has 0 aromatic heterocycles. The van der Waals surface area contributed by atoms with Gasteiger partial charge in [-0.1, -0.05) is 13.0 Å². The van der Waals surface area contributed by atoms with Crippen molar-refractivity contribution in [3.05, 3.63) is 29.3 Å². The van der Waals surface area contributed by atoms with Crippen LogP contribution in [-0.2, 0) is 32.6 Å². The summed E-state index contributed by atoms with van der Waals surface area (Å²) >= 11 is 0. The van der Waals surface area contributed by atoms with Crippen molar-refractivity contribution in [2.24, 2.45) is 5.92 Å². The van der Waals surface area contributed by atoms with Crippen LogP contribution >= 0.6 is 0 Å². The molecule has 8 heteroatoms. The average molecular weight is 394 g/mol. The topological polar surface area (TPSA) is 86.8 Å². The van der Waals surface area contributed by atoms with Gasteiger partial charge < -0.3 is 10.2 Å². The average Bonchev–Trinajstić information content (AvgIpc) is 2.66. The second-order valence-corrected chi connectivity index (χ2v) is 9.31. The van der Waals surface area contributed by atoms with Gasteiger partial charge in [0.1, 0.15) is 0 Å². The standard InChI is InChI=1S/C19H27N3O4S/c1-3-18(23)21-9-6-14-4-5-17(12-16(14)13-21)20-19(24)15-7-10-22(11-8-15)27(2,25)26/h4-5,12,15H,3,6-11,13H2,1-2H3,(H,20,24). The third-order valence-electron chi connectivity index (χ3n) is 5.43. The Balaban J connectivity index is 1.62. The van der Waals surface area contributed by atoms with E-state index in [1.165, 1.54) is 16.1 Å².